The number of nitrogens with one attached hydrogen (secondary N) is 1. The van der Waals surface area contributed by atoms with Gasteiger partial charge in [-0.2, -0.15) is 0 Å². The molecule has 2 N–H and O–H groups in total. The van der Waals surface area contributed by atoms with Gasteiger partial charge in [-0.05, 0) is 43.9 Å². The van der Waals surface area contributed by atoms with Gasteiger partial charge in [0.2, 0.25) is 0 Å². The molecule has 1 heterocycles. The van der Waals surface area contributed by atoms with E-state index in [4.69, 9.17) is 9.47 Å². The standard InChI is InChI=1S/C22H25NO6/c1-5-29-22(27)17-12(3)23-15-10-11(2)16(21(26)28-4)20(25)19(15)18(17)13-6-8-14(24)9-7-13/h6-9,11,16,18,23-24H,5,10H2,1-4H3. The van der Waals surface area contributed by atoms with Crippen molar-refractivity contribution in [3.8, 4) is 5.75 Å². The molecule has 2 aliphatic rings. The van der Waals surface area contributed by atoms with Crippen LogP contribution in [0.25, 0.3) is 0 Å². The van der Waals surface area contributed by atoms with Crippen LogP contribution in [-0.4, -0.2) is 36.5 Å². The van der Waals surface area contributed by atoms with Crippen molar-refractivity contribution in [2.24, 2.45) is 11.8 Å². The Bertz CT molecular complexity index is 912. The number of carbonyl (C=O) groups excluding carboxylic acids is 3. The summed E-state index contributed by atoms with van der Waals surface area (Å²) < 4.78 is 10.1. The van der Waals surface area contributed by atoms with Crippen LogP contribution in [-0.2, 0) is 23.9 Å². The van der Waals surface area contributed by atoms with Crippen LogP contribution in [0.1, 0.15) is 38.7 Å². The predicted octanol–water partition coefficient (Wildman–Crippen LogP) is 2.57. The Balaban J connectivity index is 2.18. The molecule has 3 atom stereocenters. The van der Waals surface area contributed by atoms with Gasteiger partial charge in [0.1, 0.15) is 11.7 Å². The van der Waals surface area contributed by atoms with Crippen molar-refractivity contribution in [2.45, 2.75) is 33.1 Å². The maximum Gasteiger partial charge on any atom is 0.336 e. The third-order valence-corrected chi connectivity index (χ3v) is 5.46. The molecule has 0 aromatic heterocycles. The third kappa shape index (κ3) is 3.64. The Hall–Kier alpha value is -3.09. The van der Waals surface area contributed by atoms with Crippen molar-refractivity contribution in [2.75, 3.05) is 13.7 Å². The molecular formula is C22H25NO6. The number of dihydropyridines is 1. The highest BCUT2D eigenvalue weighted by molar-refractivity contribution is 6.12. The fourth-order valence-electron chi connectivity index (χ4n) is 4.16. The van der Waals surface area contributed by atoms with E-state index < -0.39 is 23.8 Å². The molecule has 154 valence electrons. The summed E-state index contributed by atoms with van der Waals surface area (Å²) in [6, 6.07) is 6.34. The number of hydrogen-bond donors (Lipinski definition) is 2. The average molecular weight is 399 g/mol. The van der Waals surface area contributed by atoms with E-state index >= 15 is 0 Å². The number of carbonyl (C=O) groups is 3. The summed E-state index contributed by atoms with van der Waals surface area (Å²) in [6.45, 7) is 5.51. The highest BCUT2D eigenvalue weighted by Crippen LogP contribution is 2.45. The molecular weight excluding hydrogens is 374 g/mol. The first-order chi connectivity index (χ1) is 13.8. The zero-order chi connectivity index (χ0) is 21.3. The van der Waals surface area contributed by atoms with Crippen LogP contribution in [0.3, 0.4) is 0 Å². The predicted molar refractivity (Wildman–Crippen MR) is 105 cm³/mol. The van der Waals surface area contributed by atoms with E-state index in [1.54, 1.807) is 26.0 Å². The Labute approximate surface area is 169 Å². The van der Waals surface area contributed by atoms with Gasteiger partial charge in [-0.25, -0.2) is 4.79 Å². The Morgan fingerprint density at radius 3 is 2.48 bits per heavy atom. The summed E-state index contributed by atoms with van der Waals surface area (Å²) in [6.07, 6.45) is 0.475. The zero-order valence-electron chi connectivity index (χ0n) is 16.9. The van der Waals surface area contributed by atoms with Crippen molar-refractivity contribution in [1.29, 1.82) is 0 Å². The maximum absolute atomic E-state index is 13.4. The number of Topliss-reactive ketones (excluding diaryl/α,β-unsaturated/α-hetero) is 1. The first-order valence-electron chi connectivity index (χ1n) is 9.59. The monoisotopic (exact) mass is 399 g/mol. The Kier molecular flexibility index (Phi) is 5.77. The normalized spacial score (nSPS) is 24.0. The molecule has 3 unspecified atom stereocenters. The number of ketones is 1. The van der Waals surface area contributed by atoms with E-state index in [9.17, 15) is 19.5 Å². The van der Waals surface area contributed by atoms with Gasteiger partial charge in [-0.1, -0.05) is 19.1 Å². The molecule has 29 heavy (non-hydrogen) atoms. The number of benzene rings is 1. The van der Waals surface area contributed by atoms with Crippen LogP contribution in [0, 0.1) is 11.8 Å². The fraction of sp³-hybridized carbons (Fsp3) is 0.409. The van der Waals surface area contributed by atoms with E-state index in [2.05, 4.69) is 5.32 Å². The van der Waals surface area contributed by atoms with E-state index in [1.165, 1.54) is 19.2 Å². The van der Waals surface area contributed by atoms with Gasteiger partial charge >= 0.3 is 11.9 Å². The zero-order valence-corrected chi connectivity index (χ0v) is 16.9. The Morgan fingerprint density at radius 2 is 1.90 bits per heavy atom. The van der Waals surface area contributed by atoms with Crippen LogP contribution in [0.15, 0.2) is 46.8 Å². The van der Waals surface area contributed by atoms with Gasteiger partial charge in [0, 0.05) is 22.9 Å². The summed E-state index contributed by atoms with van der Waals surface area (Å²) in [5.74, 6) is -3.25. The quantitative estimate of drug-likeness (QED) is 0.593. The smallest absolute Gasteiger partial charge is 0.336 e. The van der Waals surface area contributed by atoms with Crippen LogP contribution in [0.5, 0.6) is 5.75 Å². The molecule has 0 fully saturated rings. The van der Waals surface area contributed by atoms with Crippen LogP contribution in [0.4, 0.5) is 0 Å². The largest absolute Gasteiger partial charge is 0.508 e. The number of hydrogen-bond acceptors (Lipinski definition) is 7. The fourth-order valence-corrected chi connectivity index (χ4v) is 4.16. The van der Waals surface area contributed by atoms with Gasteiger partial charge in [0.15, 0.2) is 5.78 Å². The second-order valence-corrected chi connectivity index (χ2v) is 7.35. The molecule has 0 bridgehead atoms. The van der Waals surface area contributed by atoms with Gasteiger partial charge < -0.3 is 19.9 Å². The number of allylic oxidation sites excluding steroid dienone is 3. The second kappa shape index (κ2) is 8.11. The highest BCUT2D eigenvalue weighted by atomic mass is 16.5. The van der Waals surface area contributed by atoms with Crippen molar-refractivity contribution < 1.29 is 29.0 Å². The van der Waals surface area contributed by atoms with Crippen molar-refractivity contribution >= 4 is 17.7 Å². The SMILES string of the molecule is CCOC(=O)C1=C(C)NC2=C(C(=O)C(C(=O)OC)C(C)C2)C1c1ccc(O)cc1. The van der Waals surface area contributed by atoms with Gasteiger partial charge in [0.25, 0.3) is 0 Å². The molecule has 7 nitrogen and oxygen atoms in total. The molecule has 7 heteroatoms. The molecule has 0 saturated carbocycles. The van der Waals surface area contributed by atoms with Crippen LogP contribution < -0.4 is 5.32 Å². The van der Waals surface area contributed by atoms with Crippen molar-refractivity contribution in [3.63, 3.8) is 0 Å². The molecule has 1 aliphatic carbocycles. The molecule has 0 amide bonds. The van der Waals surface area contributed by atoms with Crippen LogP contribution in [0.2, 0.25) is 0 Å². The molecule has 1 aromatic rings. The minimum absolute atomic E-state index is 0.0753. The first kappa shape index (κ1) is 20.6. The van der Waals surface area contributed by atoms with Crippen molar-refractivity contribution in [1.82, 2.24) is 5.32 Å². The molecule has 1 aromatic carbocycles. The lowest BCUT2D eigenvalue weighted by molar-refractivity contribution is -0.151. The number of esters is 2. The van der Waals surface area contributed by atoms with E-state index in [0.717, 1.165) is 0 Å². The van der Waals surface area contributed by atoms with E-state index in [-0.39, 0.29) is 24.1 Å². The third-order valence-electron chi connectivity index (χ3n) is 5.46. The van der Waals surface area contributed by atoms with Gasteiger partial charge in [-0.15, -0.1) is 0 Å². The molecule has 1 aliphatic heterocycles. The number of phenolic OH excluding ortho intramolecular Hbond substituents is 1. The number of methoxy groups -OCH3 is 1. The lowest BCUT2D eigenvalue weighted by Crippen LogP contribution is -2.43. The molecule has 0 spiro atoms. The highest BCUT2D eigenvalue weighted by Gasteiger charge is 2.47. The molecule has 0 radical (unpaired) electrons. The van der Waals surface area contributed by atoms with E-state index in [1.807, 2.05) is 6.92 Å². The number of phenols is 1. The van der Waals surface area contributed by atoms with E-state index in [0.29, 0.717) is 34.5 Å². The first-order valence-corrected chi connectivity index (χ1v) is 9.59. The van der Waals surface area contributed by atoms with Gasteiger partial charge in [0.05, 0.1) is 19.3 Å². The summed E-state index contributed by atoms with van der Waals surface area (Å²) in [5.41, 5.74) is 2.66. The minimum atomic E-state index is -0.929. The molecule has 0 saturated heterocycles. The lowest BCUT2D eigenvalue weighted by Gasteiger charge is -2.38. The Morgan fingerprint density at radius 1 is 1.24 bits per heavy atom. The minimum Gasteiger partial charge on any atom is -0.508 e. The molecule has 3 rings (SSSR count). The topological polar surface area (TPSA) is 102 Å². The average Bonchev–Trinajstić information content (AvgIpc) is 2.67. The second-order valence-electron chi connectivity index (χ2n) is 7.35. The van der Waals surface area contributed by atoms with Crippen molar-refractivity contribution in [3.05, 3.63) is 52.4 Å². The maximum atomic E-state index is 13.4. The number of rotatable bonds is 4. The van der Waals surface area contributed by atoms with Crippen LogP contribution >= 0.6 is 0 Å². The van der Waals surface area contributed by atoms with Gasteiger partial charge in [-0.3, -0.25) is 9.59 Å². The number of ether oxygens (including phenoxy) is 2. The summed E-state index contributed by atoms with van der Waals surface area (Å²) >= 11 is 0. The number of aromatic hydroxyl groups is 1. The summed E-state index contributed by atoms with van der Waals surface area (Å²) in [5, 5.41) is 12.9. The summed E-state index contributed by atoms with van der Waals surface area (Å²) in [4.78, 5) is 38.5. The lowest BCUT2D eigenvalue weighted by atomic mass is 9.69. The summed E-state index contributed by atoms with van der Waals surface area (Å²) in [7, 11) is 1.26.